The lowest BCUT2D eigenvalue weighted by atomic mass is 10.1. The van der Waals surface area contributed by atoms with Gasteiger partial charge in [0.05, 0.1) is 27.9 Å². The van der Waals surface area contributed by atoms with E-state index in [0.29, 0.717) is 30.3 Å². The highest BCUT2D eigenvalue weighted by Gasteiger charge is 2.19. The molecule has 1 heterocycles. The van der Waals surface area contributed by atoms with Crippen molar-refractivity contribution in [3.05, 3.63) is 42.0 Å². The zero-order chi connectivity index (χ0) is 21.5. The third kappa shape index (κ3) is 5.27. The van der Waals surface area contributed by atoms with E-state index in [4.69, 9.17) is 14.2 Å². The van der Waals surface area contributed by atoms with Crippen molar-refractivity contribution in [2.75, 3.05) is 59.0 Å². The Morgan fingerprint density at radius 2 is 1.57 bits per heavy atom. The van der Waals surface area contributed by atoms with Crippen molar-refractivity contribution in [3.8, 4) is 23.0 Å². The highest BCUT2D eigenvalue weighted by Crippen LogP contribution is 2.38. The molecule has 1 fully saturated rings. The van der Waals surface area contributed by atoms with Gasteiger partial charge >= 0.3 is 0 Å². The number of nitrogens with zero attached hydrogens (tertiary/aromatic N) is 2. The molecule has 1 aliphatic heterocycles. The number of phenolic OH excluding ortho intramolecular Hbond substituents is 1. The summed E-state index contributed by atoms with van der Waals surface area (Å²) in [7, 11) is 4.69. The van der Waals surface area contributed by atoms with E-state index in [2.05, 4.69) is 15.1 Å². The van der Waals surface area contributed by atoms with Crippen molar-refractivity contribution < 1.29 is 24.1 Å². The lowest BCUT2D eigenvalue weighted by Crippen LogP contribution is -2.49. The number of benzene rings is 2. The molecular formula is C22H29N3O5. The van der Waals surface area contributed by atoms with Crippen LogP contribution in [-0.2, 0) is 11.3 Å². The molecule has 2 N–H and O–H groups in total. The number of rotatable bonds is 8. The number of carbonyl (C=O) groups is 1. The molecule has 0 bridgehead atoms. The molecule has 30 heavy (non-hydrogen) atoms. The van der Waals surface area contributed by atoms with Gasteiger partial charge in [0.1, 0.15) is 5.75 Å². The van der Waals surface area contributed by atoms with E-state index in [1.54, 1.807) is 33.5 Å². The predicted octanol–water partition coefficient (Wildman–Crippen LogP) is 1.86. The number of anilines is 1. The molecule has 162 valence electrons. The van der Waals surface area contributed by atoms with Crippen molar-refractivity contribution >= 4 is 11.6 Å². The van der Waals surface area contributed by atoms with Gasteiger partial charge in [-0.05, 0) is 42.0 Å². The maximum absolute atomic E-state index is 12.4. The molecule has 0 unspecified atom stereocenters. The van der Waals surface area contributed by atoms with Gasteiger partial charge < -0.3 is 29.5 Å². The van der Waals surface area contributed by atoms with Gasteiger partial charge in [-0.25, -0.2) is 0 Å². The normalized spacial score (nSPS) is 14.3. The molecule has 0 saturated carbocycles. The van der Waals surface area contributed by atoms with Gasteiger partial charge in [-0.15, -0.1) is 0 Å². The van der Waals surface area contributed by atoms with E-state index >= 15 is 0 Å². The maximum atomic E-state index is 12.4. The fourth-order valence-electron chi connectivity index (χ4n) is 3.52. The van der Waals surface area contributed by atoms with Gasteiger partial charge in [-0.3, -0.25) is 9.69 Å². The number of hydrogen-bond donors (Lipinski definition) is 2. The summed E-state index contributed by atoms with van der Waals surface area (Å²) in [6.07, 6.45) is 0. The average Bonchev–Trinajstić information content (AvgIpc) is 2.78. The molecule has 2 aromatic carbocycles. The number of piperazine rings is 1. The molecule has 8 heteroatoms. The number of phenols is 1. The van der Waals surface area contributed by atoms with Crippen LogP contribution in [0, 0.1) is 0 Å². The Balaban J connectivity index is 1.49. The van der Waals surface area contributed by atoms with Crippen LogP contribution >= 0.6 is 0 Å². The largest absolute Gasteiger partial charge is 0.508 e. The van der Waals surface area contributed by atoms with Gasteiger partial charge in [0.15, 0.2) is 11.5 Å². The minimum Gasteiger partial charge on any atom is -0.508 e. The van der Waals surface area contributed by atoms with E-state index in [0.717, 1.165) is 37.4 Å². The maximum Gasteiger partial charge on any atom is 0.234 e. The summed E-state index contributed by atoms with van der Waals surface area (Å²) in [5, 5.41) is 12.4. The molecule has 3 rings (SSSR count). The minimum absolute atomic E-state index is 0.0261. The summed E-state index contributed by atoms with van der Waals surface area (Å²) in [6, 6.07) is 10.9. The number of methoxy groups -OCH3 is 3. The first-order valence-corrected chi connectivity index (χ1v) is 9.86. The van der Waals surface area contributed by atoms with Crippen LogP contribution in [0.2, 0.25) is 0 Å². The third-order valence-electron chi connectivity index (χ3n) is 5.17. The van der Waals surface area contributed by atoms with Crippen LogP contribution in [0.1, 0.15) is 5.56 Å². The first kappa shape index (κ1) is 21.6. The zero-order valence-electron chi connectivity index (χ0n) is 17.7. The minimum atomic E-state index is -0.0261. The third-order valence-corrected chi connectivity index (χ3v) is 5.17. The average molecular weight is 415 g/mol. The summed E-state index contributed by atoms with van der Waals surface area (Å²) in [6.45, 7) is 4.02. The van der Waals surface area contributed by atoms with Crippen LogP contribution in [-0.4, -0.2) is 70.0 Å². The first-order chi connectivity index (χ1) is 14.5. The van der Waals surface area contributed by atoms with E-state index in [9.17, 15) is 9.90 Å². The summed E-state index contributed by atoms with van der Waals surface area (Å²) in [5.41, 5.74) is 1.95. The van der Waals surface area contributed by atoms with Gasteiger partial charge in [0, 0.05) is 38.4 Å². The highest BCUT2D eigenvalue weighted by molar-refractivity contribution is 5.78. The monoisotopic (exact) mass is 415 g/mol. The van der Waals surface area contributed by atoms with E-state index < -0.39 is 0 Å². The van der Waals surface area contributed by atoms with Crippen molar-refractivity contribution in [1.29, 1.82) is 0 Å². The van der Waals surface area contributed by atoms with Crippen LogP contribution < -0.4 is 24.4 Å². The van der Waals surface area contributed by atoms with Gasteiger partial charge in [-0.1, -0.05) is 0 Å². The Kier molecular flexibility index (Phi) is 7.24. The Labute approximate surface area is 176 Å². The number of nitrogens with one attached hydrogen (secondary N) is 1. The lowest BCUT2D eigenvalue weighted by Gasteiger charge is -2.35. The van der Waals surface area contributed by atoms with Gasteiger partial charge in [-0.2, -0.15) is 0 Å². The molecule has 1 aliphatic rings. The number of aromatic hydroxyl groups is 1. The molecule has 0 atom stereocenters. The summed E-state index contributed by atoms with van der Waals surface area (Å²) >= 11 is 0. The van der Waals surface area contributed by atoms with E-state index in [1.165, 1.54) is 0 Å². The Bertz CT molecular complexity index is 823. The molecule has 0 spiro atoms. The quantitative estimate of drug-likeness (QED) is 0.681. The summed E-state index contributed by atoms with van der Waals surface area (Å²) < 4.78 is 16.0. The molecule has 0 aromatic heterocycles. The highest BCUT2D eigenvalue weighted by atomic mass is 16.5. The van der Waals surface area contributed by atoms with Crippen molar-refractivity contribution in [3.63, 3.8) is 0 Å². The second-order valence-electron chi connectivity index (χ2n) is 7.09. The summed E-state index contributed by atoms with van der Waals surface area (Å²) in [5.74, 6) is 1.89. The fourth-order valence-corrected chi connectivity index (χ4v) is 3.52. The number of hydrogen-bond acceptors (Lipinski definition) is 7. The number of ether oxygens (including phenoxy) is 3. The van der Waals surface area contributed by atoms with Crippen LogP contribution in [0.25, 0.3) is 0 Å². The standard InChI is InChI=1S/C22H29N3O5/c1-28-19-12-16(13-20(29-2)22(19)30-3)14-23-21(27)15-24-8-10-25(11-9-24)17-4-6-18(26)7-5-17/h4-7,12-13,26H,8-11,14-15H2,1-3H3,(H,23,27). The molecule has 1 saturated heterocycles. The Morgan fingerprint density at radius 1 is 0.967 bits per heavy atom. The lowest BCUT2D eigenvalue weighted by molar-refractivity contribution is -0.122. The van der Waals surface area contributed by atoms with E-state index in [1.807, 2.05) is 24.3 Å². The van der Waals surface area contributed by atoms with Crippen molar-refractivity contribution in [1.82, 2.24) is 10.2 Å². The first-order valence-electron chi connectivity index (χ1n) is 9.86. The van der Waals surface area contributed by atoms with Crippen LogP contribution in [0.15, 0.2) is 36.4 Å². The Morgan fingerprint density at radius 3 is 2.10 bits per heavy atom. The number of amides is 1. The van der Waals surface area contributed by atoms with Crippen molar-refractivity contribution in [2.45, 2.75) is 6.54 Å². The zero-order valence-corrected chi connectivity index (χ0v) is 17.7. The second-order valence-corrected chi connectivity index (χ2v) is 7.09. The topological polar surface area (TPSA) is 83.5 Å². The molecule has 0 aliphatic carbocycles. The van der Waals surface area contributed by atoms with Crippen molar-refractivity contribution in [2.24, 2.45) is 0 Å². The molecule has 8 nitrogen and oxygen atoms in total. The Hall–Kier alpha value is -3.13. The molecule has 1 amide bonds. The smallest absolute Gasteiger partial charge is 0.234 e. The molecule has 2 aromatic rings. The number of carbonyl (C=O) groups excluding carboxylic acids is 1. The molecular weight excluding hydrogens is 386 g/mol. The summed E-state index contributed by atoms with van der Waals surface area (Å²) in [4.78, 5) is 16.8. The van der Waals surface area contributed by atoms with Crippen LogP contribution in [0.3, 0.4) is 0 Å². The SMILES string of the molecule is COc1cc(CNC(=O)CN2CCN(c3ccc(O)cc3)CC2)cc(OC)c1OC. The van der Waals surface area contributed by atoms with Crippen LogP contribution in [0.4, 0.5) is 5.69 Å². The molecule has 0 radical (unpaired) electrons. The fraction of sp³-hybridized carbons (Fsp3) is 0.409. The van der Waals surface area contributed by atoms with Gasteiger partial charge in [0.25, 0.3) is 0 Å². The van der Waals surface area contributed by atoms with E-state index in [-0.39, 0.29) is 11.7 Å². The van der Waals surface area contributed by atoms with Crippen LogP contribution in [0.5, 0.6) is 23.0 Å². The second kappa shape index (κ2) is 10.1. The predicted molar refractivity (Wildman–Crippen MR) is 115 cm³/mol. The van der Waals surface area contributed by atoms with Gasteiger partial charge in [0.2, 0.25) is 11.7 Å².